The van der Waals surface area contributed by atoms with Crippen molar-refractivity contribution in [1.29, 1.82) is 0 Å². The molecule has 0 aromatic heterocycles. The van der Waals surface area contributed by atoms with Crippen molar-refractivity contribution >= 4 is 11.8 Å². The molecule has 2 saturated heterocycles. The van der Waals surface area contributed by atoms with Crippen molar-refractivity contribution in [2.45, 2.75) is 38.0 Å². The van der Waals surface area contributed by atoms with Crippen LogP contribution < -0.4 is 10.6 Å². The lowest BCUT2D eigenvalue weighted by atomic mass is 9.71. The molecule has 122 valence electrons. The topological polar surface area (TPSA) is 67.4 Å². The van der Waals surface area contributed by atoms with Crippen LogP contribution in [0.4, 0.5) is 0 Å². The zero-order valence-electron chi connectivity index (χ0n) is 13.3. The Hall–Kier alpha value is -2.14. The molecule has 4 rings (SSSR count). The molecule has 2 aliphatic heterocycles. The molecule has 0 radical (unpaired) electrons. The van der Waals surface area contributed by atoms with Gasteiger partial charge in [-0.1, -0.05) is 18.7 Å². The lowest BCUT2D eigenvalue weighted by Crippen LogP contribution is -2.54. The Balaban J connectivity index is 1.55. The van der Waals surface area contributed by atoms with E-state index < -0.39 is 0 Å². The molecular weight excluding hydrogens is 292 g/mol. The fourth-order valence-corrected chi connectivity index (χ4v) is 3.36. The van der Waals surface area contributed by atoms with Crippen molar-refractivity contribution in [3.8, 4) is 0 Å². The van der Waals surface area contributed by atoms with Crippen molar-refractivity contribution in [2.75, 3.05) is 6.61 Å². The van der Waals surface area contributed by atoms with Crippen LogP contribution >= 0.6 is 0 Å². The number of hydrogen-bond donors (Lipinski definition) is 2. The SMILES string of the molecule is C=CC(=O)NCc1ccc(C(=O)NC(C)C23CC(CO2)C3)cc1. The van der Waals surface area contributed by atoms with Gasteiger partial charge in [0.1, 0.15) is 0 Å². The molecule has 23 heavy (non-hydrogen) atoms. The third-order valence-electron chi connectivity index (χ3n) is 4.88. The third kappa shape index (κ3) is 3.15. The Morgan fingerprint density at radius 3 is 2.65 bits per heavy atom. The third-order valence-corrected chi connectivity index (χ3v) is 4.88. The second kappa shape index (κ2) is 6.16. The lowest BCUT2D eigenvalue weighted by molar-refractivity contribution is -0.116. The number of carbonyl (C=O) groups is 2. The van der Waals surface area contributed by atoms with E-state index in [2.05, 4.69) is 17.2 Å². The molecule has 2 bridgehead atoms. The van der Waals surface area contributed by atoms with Gasteiger partial charge in [-0.25, -0.2) is 0 Å². The molecule has 0 spiro atoms. The minimum Gasteiger partial charge on any atom is -0.373 e. The van der Waals surface area contributed by atoms with Gasteiger partial charge in [0.05, 0.1) is 18.2 Å². The first-order chi connectivity index (χ1) is 11.0. The molecule has 2 heterocycles. The number of amides is 2. The largest absolute Gasteiger partial charge is 0.373 e. The zero-order chi connectivity index (χ0) is 16.4. The van der Waals surface area contributed by atoms with E-state index in [1.165, 1.54) is 6.08 Å². The molecule has 1 unspecified atom stereocenters. The number of ether oxygens (including phenoxy) is 1. The number of fused-ring (bicyclic) bond motifs is 1. The van der Waals surface area contributed by atoms with E-state index in [0.29, 0.717) is 18.0 Å². The predicted molar refractivity (Wildman–Crippen MR) is 86.8 cm³/mol. The molecule has 1 aromatic carbocycles. The summed E-state index contributed by atoms with van der Waals surface area (Å²) < 4.78 is 5.83. The maximum absolute atomic E-state index is 12.3. The van der Waals surface area contributed by atoms with Crippen molar-refractivity contribution in [1.82, 2.24) is 10.6 Å². The Morgan fingerprint density at radius 1 is 1.39 bits per heavy atom. The lowest BCUT2D eigenvalue weighted by Gasteiger charge is -2.41. The van der Waals surface area contributed by atoms with Crippen LogP contribution in [0.15, 0.2) is 36.9 Å². The normalized spacial score (nSPS) is 26.0. The first-order valence-corrected chi connectivity index (χ1v) is 7.96. The van der Waals surface area contributed by atoms with Crippen LogP contribution in [0.5, 0.6) is 0 Å². The summed E-state index contributed by atoms with van der Waals surface area (Å²) >= 11 is 0. The van der Waals surface area contributed by atoms with Crippen LogP contribution in [0.1, 0.15) is 35.7 Å². The summed E-state index contributed by atoms with van der Waals surface area (Å²) in [6.07, 6.45) is 3.34. The second-order valence-corrected chi connectivity index (χ2v) is 6.46. The number of hydrogen-bond acceptors (Lipinski definition) is 3. The van der Waals surface area contributed by atoms with Gasteiger partial charge in [-0.05, 0) is 49.5 Å². The Morgan fingerprint density at radius 2 is 2.09 bits per heavy atom. The van der Waals surface area contributed by atoms with Gasteiger partial charge in [-0.2, -0.15) is 0 Å². The van der Waals surface area contributed by atoms with E-state index >= 15 is 0 Å². The van der Waals surface area contributed by atoms with E-state index in [4.69, 9.17) is 4.74 Å². The highest BCUT2D eigenvalue weighted by Crippen LogP contribution is 2.50. The summed E-state index contributed by atoms with van der Waals surface area (Å²) in [6, 6.07) is 7.24. The molecule has 1 atom stereocenters. The minimum atomic E-state index is -0.213. The summed E-state index contributed by atoms with van der Waals surface area (Å²) in [5, 5.41) is 5.75. The second-order valence-electron chi connectivity index (χ2n) is 6.46. The molecule has 1 aliphatic carbocycles. The molecule has 2 amide bonds. The molecule has 5 nitrogen and oxygen atoms in total. The highest BCUT2D eigenvalue weighted by atomic mass is 16.5. The van der Waals surface area contributed by atoms with E-state index in [-0.39, 0.29) is 23.5 Å². The number of rotatable bonds is 6. The van der Waals surface area contributed by atoms with Crippen LogP contribution in [0.2, 0.25) is 0 Å². The Bertz CT molecular complexity index is 612. The summed E-state index contributed by atoms with van der Waals surface area (Å²) in [4.78, 5) is 23.5. The monoisotopic (exact) mass is 314 g/mol. The molecule has 1 saturated carbocycles. The van der Waals surface area contributed by atoms with Gasteiger partial charge >= 0.3 is 0 Å². The van der Waals surface area contributed by atoms with E-state index in [9.17, 15) is 9.59 Å². The van der Waals surface area contributed by atoms with Crippen molar-refractivity contribution in [2.24, 2.45) is 5.92 Å². The maximum Gasteiger partial charge on any atom is 0.251 e. The number of benzene rings is 1. The molecule has 2 N–H and O–H groups in total. The first kappa shape index (κ1) is 15.7. The van der Waals surface area contributed by atoms with Gasteiger partial charge in [0.2, 0.25) is 5.91 Å². The maximum atomic E-state index is 12.3. The smallest absolute Gasteiger partial charge is 0.251 e. The van der Waals surface area contributed by atoms with Gasteiger partial charge in [-0.3, -0.25) is 9.59 Å². The van der Waals surface area contributed by atoms with Crippen LogP contribution in [-0.2, 0) is 16.1 Å². The highest BCUT2D eigenvalue weighted by Gasteiger charge is 2.55. The summed E-state index contributed by atoms with van der Waals surface area (Å²) in [6.45, 7) is 6.66. The van der Waals surface area contributed by atoms with Gasteiger partial charge in [0, 0.05) is 12.1 Å². The van der Waals surface area contributed by atoms with Crippen molar-refractivity contribution in [3.05, 3.63) is 48.0 Å². The van der Waals surface area contributed by atoms with Crippen molar-refractivity contribution < 1.29 is 14.3 Å². The van der Waals surface area contributed by atoms with Crippen molar-refractivity contribution in [3.63, 3.8) is 0 Å². The average molecular weight is 314 g/mol. The van der Waals surface area contributed by atoms with E-state index in [1.807, 2.05) is 19.1 Å². The highest BCUT2D eigenvalue weighted by molar-refractivity contribution is 5.94. The van der Waals surface area contributed by atoms with Crippen LogP contribution in [0.3, 0.4) is 0 Å². The molecule has 3 aliphatic rings. The summed E-state index contributed by atoms with van der Waals surface area (Å²) in [5.74, 6) is 0.377. The van der Waals surface area contributed by atoms with Gasteiger partial charge in [0.15, 0.2) is 0 Å². The summed E-state index contributed by atoms with van der Waals surface area (Å²) in [5.41, 5.74) is 1.40. The van der Waals surface area contributed by atoms with E-state index in [0.717, 1.165) is 25.0 Å². The molecule has 5 heteroatoms. The van der Waals surface area contributed by atoms with Gasteiger partial charge in [0.25, 0.3) is 5.91 Å². The first-order valence-electron chi connectivity index (χ1n) is 7.96. The number of carbonyl (C=O) groups excluding carboxylic acids is 2. The predicted octanol–water partition coefficient (Wildman–Crippen LogP) is 1.79. The van der Waals surface area contributed by atoms with Crippen LogP contribution in [-0.4, -0.2) is 30.1 Å². The average Bonchev–Trinajstić information content (AvgIpc) is 3.14. The Kier molecular flexibility index (Phi) is 4.22. The minimum absolute atomic E-state index is 0.0142. The van der Waals surface area contributed by atoms with Crippen LogP contribution in [0, 0.1) is 5.92 Å². The van der Waals surface area contributed by atoms with Crippen LogP contribution in [0.25, 0.3) is 0 Å². The zero-order valence-corrected chi connectivity index (χ0v) is 13.3. The number of nitrogens with one attached hydrogen (secondary N) is 2. The fraction of sp³-hybridized carbons (Fsp3) is 0.444. The fourth-order valence-electron chi connectivity index (χ4n) is 3.36. The molecule has 1 aromatic rings. The molecular formula is C18H22N2O3. The standard InChI is InChI=1S/C18H22N2O3/c1-3-16(21)19-10-13-4-6-15(7-5-13)17(22)20-12(2)18-8-14(9-18)11-23-18/h3-7,12,14H,1,8-11H2,2H3,(H,19,21)(H,20,22). The summed E-state index contributed by atoms with van der Waals surface area (Å²) in [7, 11) is 0. The van der Waals surface area contributed by atoms with Gasteiger partial charge in [-0.15, -0.1) is 0 Å². The quantitative estimate of drug-likeness (QED) is 0.787. The van der Waals surface area contributed by atoms with Gasteiger partial charge < -0.3 is 15.4 Å². The van der Waals surface area contributed by atoms with E-state index in [1.54, 1.807) is 12.1 Å². The molecule has 3 fully saturated rings. The Labute approximate surface area is 136 Å².